The summed E-state index contributed by atoms with van der Waals surface area (Å²) in [4.78, 5) is 22.8. The molecule has 0 unspecified atom stereocenters. The first-order chi connectivity index (χ1) is 8.15. The van der Waals surface area contributed by atoms with E-state index in [1.54, 1.807) is 20.8 Å². The van der Waals surface area contributed by atoms with Crippen molar-refractivity contribution in [1.82, 2.24) is 5.32 Å². The van der Waals surface area contributed by atoms with E-state index in [0.717, 1.165) is 0 Å². The number of carbonyl (C=O) groups excluding carboxylic acids is 2. The van der Waals surface area contributed by atoms with E-state index < -0.39 is 30.0 Å². The van der Waals surface area contributed by atoms with Crippen molar-refractivity contribution in [3.8, 4) is 0 Å². The smallest absolute Gasteiger partial charge is 0.408 e. The van der Waals surface area contributed by atoms with Gasteiger partial charge in [-0.2, -0.15) is 0 Å². The van der Waals surface area contributed by atoms with Crippen molar-refractivity contribution >= 4 is 12.1 Å². The molecule has 0 rings (SSSR count). The highest BCUT2D eigenvalue weighted by Gasteiger charge is 2.25. The van der Waals surface area contributed by atoms with E-state index in [0.29, 0.717) is 0 Å². The van der Waals surface area contributed by atoms with Gasteiger partial charge in [-0.25, -0.2) is 9.59 Å². The summed E-state index contributed by atoms with van der Waals surface area (Å²) in [5.74, 6) is -0.665. The lowest BCUT2D eigenvalue weighted by atomic mass is 10.1. The monoisotopic (exact) mass is 263 g/mol. The molecule has 0 heterocycles. The Balaban J connectivity index is 4.40. The number of hydrogen-bond acceptors (Lipinski definition) is 6. The van der Waals surface area contributed by atoms with Crippen molar-refractivity contribution in [3.63, 3.8) is 0 Å². The molecular weight excluding hydrogens is 242 g/mol. The number of methoxy groups -OCH3 is 1. The molecule has 0 bridgehead atoms. The second-order valence-corrected chi connectivity index (χ2v) is 4.78. The van der Waals surface area contributed by atoms with Crippen LogP contribution < -0.4 is 5.32 Å². The van der Waals surface area contributed by atoms with Crippen molar-refractivity contribution in [3.05, 3.63) is 0 Å². The van der Waals surface area contributed by atoms with E-state index in [-0.39, 0.29) is 12.8 Å². The minimum Gasteiger partial charge on any atom is -0.467 e. The van der Waals surface area contributed by atoms with Gasteiger partial charge in [0.15, 0.2) is 6.29 Å². The zero-order valence-corrected chi connectivity index (χ0v) is 11.1. The summed E-state index contributed by atoms with van der Waals surface area (Å²) in [5.41, 5.74) is -0.679. The summed E-state index contributed by atoms with van der Waals surface area (Å²) >= 11 is 0. The lowest BCUT2D eigenvalue weighted by molar-refractivity contribution is -0.143. The molecule has 7 nitrogen and oxygen atoms in total. The minimum absolute atomic E-state index is 0.0452. The molecule has 0 radical (unpaired) electrons. The van der Waals surface area contributed by atoms with Crippen LogP contribution in [0.5, 0.6) is 0 Å². The van der Waals surface area contributed by atoms with Crippen LogP contribution in [0.15, 0.2) is 0 Å². The third-order valence-electron chi connectivity index (χ3n) is 1.89. The van der Waals surface area contributed by atoms with Gasteiger partial charge in [0, 0.05) is 6.42 Å². The van der Waals surface area contributed by atoms with Crippen LogP contribution in [0.2, 0.25) is 0 Å². The topological polar surface area (TPSA) is 105 Å². The summed E-state index contributed by atoms with van der Waals surface area (Å²) in [5, 5.41) is 19.8. The zero-order chi connectivity index (χ0) is 14.3. The summed E-state index contributed by atoms with van der Waals surface area (Å²) in [7, 11) is 1.18. The van der Waals surface area contributed by atoms with Gasteiger partial charge < -0.3 is 25.0 Å². The molecule has 0 aromatic rings. The first-order valence-corrected chi connectivity index (χ1v) is 5.59. The normalized spacial score (nSPS) is 13.1. The fourth-order valence-electron chi connectivity index (χ4n) is 1.16. The Kier molecular flexibility index (Phi) is 6.64. The summed E-state index contributed by atoms with van der Waals surface area (Å²) < 4.78 is 9.49. The number of ether oxygens (including phenoxy) is 2. The molecular formula is C11H21NO6. The highest BCUT2D eigenvalue weighted by atomic mass is 16.6. The Bertz CT molecular complexity index is 284. The fourth-order valence-corrected chi connectivity index (χ4v) is 1.16. The molecule has 0 spiro atoms. The maximum absolute atomic E-state index is 11.5. The number of carbonyl (C=O) groups is 2. The first-order valence-electron chi connectivity index (χ1n) is 5.59. The molecule has 1 atom stereocenters. The number of esters is 1. The number of aliphatic hydroxyl groups is 2. The number of alkyl carbamates (subject to hydrolysis) is 1. The molecule has 106 valence electrons. The van der Waals surface area contributed by atoms with Gasteiger partial charge in [-0.15, -0.1) is 0 Å². The second kappa shape index (κ2) is 7.17. The minimum atomic E-state index is -1.54. The molecule has 0 aromatic carbocycles. The molecule has 0 aliphatic carbocycles. The highest BCUT2D eigenvalue weighted by molar-refractivity contribution is 5.81. The van der Waals surface area contributed by atoms with E-state index in [9.17, 15) is 9.59 Å². The van der Waals surface area contributed by atoms with E-state index in [1.165, 1.54) is 7.11 Å². The van der Waals surface area contributed by atoms with E-state index in [4.69, 9.17) is 14.9 Å². The maximum atomic E-state index is 11.5. The number of rotatable bonds is 5. The third-order valence-corrected chi connectivity index (χ3v) is 1.89. The Morgan fingerprint density at radius 3 is 2.17 bits per heavy atom. The van der Waals surface area contributed by atoms with Gasteiger partial charge in [0.2, 0.25) is 0 Å². The van der Waals surface area contributed by atoms with Gasteiger partial charge in [0.05, 0.1) is 7.11 Å². The standard InChI is InChI=1S/C11H21NO6/c1-11(2,3)18-10(16)12-7(9(15)17-4)5-6-8(13)14/h7-8,13-14H,5-6H2,1-4H3,(H,12,16)/t7-/m0/s1. The van der Waals surface area contributed by atoms with E-state index in [2.05, 4.69) is 10.1 Å². The van der Waals surface area contributed by atoms with Crippen molar-refractivity contribution < 1.29 is 29.3 Å². The SMILES string of the molecule is COC(=O)[C@H](CCC(O)O)NC(=O)OC(C)(C)C. The zero-order valence-electron chi connectivity index (χ0n) is 11.1. The Labute approximate surface area is 106 Å². The quantitative estimate of drug-likeness (QED) is 0.481. The van der Waals surface area contributed by atoms with Crippen LogP contribution in [0.25, 0.3) is 0 Å². The molecule has 1 amide bonds. The largest absolute Gasteiger partial charge is 0.467 e. The van der Waals surface area contributed by atoms with E-state index in [1.807, 2.05) is 0 Å². The van der Waals surface area contributed by atoms with E-state index >= 15 is 0 Å². The van der Waals surface area contributed by atoms with Crippen LogP contribution in [0, 0.1) is 0 Å². The molecule has 0 saturated carbocycles. The van der Waals surface area contributed by atoms with Crippen LogP contribution in [-0.4, -0.2) is 47.3 Å². The number of amides is 1. The van der Waals surface area contributed by atoms with Gasteiger partial charge in [-0.05, 0) is 27.2 Å². The second-order valence-electron chi connectivity index (χ2n) is 4.78. The molecule has 0 aliphatic heterocycles. The van der Waals surface area contributed by atoms with Crippen LogP contribution in [-0.2, 0) is 14.3 Å². The summed E-state index contributed by atoms with van der Waals surface area (Å²) in [6.07, 6.45) is -2.32. The van der Waals surface area contributed by atoms with Gasteiger partial charge in [-0.1, -0.05) is 0 Å². The Hall–Kier alpha value is -1.34. The van der Waals surface area contributed by atoms with Crippen LogP contribution in [0.3, 0.4) is 0 Å². The molecule has 0 fully saturated rings. The highest BCUT2D eigenvalue weighted by Crippen LogP contribution is 2.08. The summed E-state index contributed by atoms with van der Waals surface area (Å²) in [6.45, 7) is 5.08. The third kappa shape index (κ3) is 7.86. The molecule has 0 aromatic heterocycles. The van der Waals surface area contributed by atoms with Gasteiger partial charge >= 0.3 is 12.1 Å². The van der Waals surface area contributed by atoms with Crippen LogP contribution in [0.1, 0.15) is 33.6 Å². The van der Waals surface area contributed by atoms with Crippen LogP contribution >= 0.6 is 0 Å². The van der Waals surface area contributed by atoms with Gasteiger partial charge in [-0.3, -0.25) is 0 Å². The predicted octanol–water partition coefficient (Wildman–Crippen LogP) is 0.144. The van der Waals surface area contributed by atoms with Crippen molar-refractivity contribution in [1.29, 1.82) is 0 Å². The molecule has 7 heteroatoms. The lowest BCUT2D eigenvalue weighted by Crippen LogP contribution is -2.44. The number of hydrogen-bond donors (Lipinski definition) is 3. The van der Waals surface area contributed by atoms with Crippen LogP contribution in [0.4, 0.5) is 4.79 Å². The predicted molar refractivity (Wildman–Crippen MR) is 62.6 cm³/mol. The van der Waals surface area contributed by atoms with Crippen molar-refractivity contribution in [2.45, 2.75) is 51.5 Å². The van der Waals surface area contributed by atoms with Gasteiger partial charge in [0.25, 0.3) is 0 Å². The Morgan fingerprint density at radius 1 is 1.22 bits per heavy atom. The van der Waals surface area contributed by atoms with Crippen molar-refractivity contribution in [2.75, 3.05) is 7.11 Å². The number of aliphatic hydroxyl groups excluding tert-OH is 1. The Morgan fingerprint density at radius 2 is 1.78 bits per heavy atom. The molecule has 18 heavy (non-hydrogen) atoms. The fraction of sp³-hybridized carbons (Fsp3) is 0.818. The molecule has 0 saturated heterocycles. The first kappa shape index (κ1) is 16.7. The summed E-state index contributed by atoms with van der Waals surface area (Å²) in [6, 6.07) is -0.966. The molecule has 3 N–H and O–H groups in total. The average Bonchev–Trinajstić information content (AvgIpc) is 2.20. The number of nitrogens with one attached hydrogen (secondary N) is 1. The van der Waals surface area contributed by atoms with Crippen molar-refractivity contribution in [2.24, 2.45) is 0 Å². The van der Waals surface area contributed by atoms with Gasteiger partial charge in [0.1, 0.15) is 11.6 Å². The lowest BCUT2D eigenvalue weighted by Gasteiger charge is -2.22. The molecule has 0 aliphatic rings. The average molecular weight is 263 g/mol. The maximum Gasteiger partial charge on any atom is 0.408 e.